The lowest BCUT2D eigenvalue weighted by atomic mass is 9.86. The minimum atomic E-state index is -1.57. The van der Waals surface area contributed by atoms with Crippen molar-refractivity contribution in [2.24, 2.45) is 0 Å². The Morgan fingerprint density at radius 1 is 1.07 bits per heavy atom. The molecule has 2 aromatic heterocycles. The van der Waals surface area contributed by atoms with Gasteiger partial charge < -0.3 is 14.6 Å². The first-order valence-corrected chi connectivity index (χ1v) is 14.2. The highest BCUT2D eigenvalue weighted by atomic mass is 35.5. The lowest BCUT2D eigenvalue weighted by molar-refractivity contribution is -0.119. The third-order valence-electron chi connectivity index (χ3n) is 8.02. The Balaban J connectivity index is 1.55. The van der Waals surface area contributed by atoms with Crippen LogP contribution in [0, 0.1) is 6.92 Å². The number of anilines is 2. The minimum Gasteiger partial charge on any atom is -0.480 e. The largest absolute Gasteiger partial charge is 0.480 e. The minimum absolute atomic E-state index is 0.166. The van der Waals surface area contributed by atoms with Crippen molar-refractivity contribution < 1.29 is 14.3 Å². The maximum Gasteiger partial charge on any atom is 0.280 e. The van der Waals surface area contributed by atoms with Crippen LogP contribution in [-0.4, -0.2) is 38.4 Å². The molecule has 41 heavy (non-hydrogen) atoms. The van der Waals surface area contributed by atoms with E-state index in [0.29, 0.717) is 55.9 Å². The zero-order valence-electron chi connectivity index (χ0n) is 22.8. The molecule has 0 unspecified atom stereocenters. The Labute approximate surface area is 246 Å². The Morgan fingerprint density at radius 3 is 2.51 bits per heavy atom. The lowest BCUT2D eigenvalue weighted by Gasteiger charge is -2.36. The van der Waals surface area contributed by atoms with Crippen LogP contribution in [-0.2, 0) is 10.3 Å². The maximum absolute atomic E-state index is 14.5. The fourth-order valence-electron chi connectivity index (χ4n) is 6.05. The van der Waals surface area contributed by atoms with Crippen LogP contribution in [0.25, 0.3) is 11.4 Å². The molecule has 1 spiro atoms. The van der Waals surface area contributed by atoms with Crippen LogP contribution < -0.4 is 15.0 Å². The molecule has 1 N–H and O–H groups in total. The van der Waals surface area contributed by atoms with Crippen molar-refractivity contribution in [1.82, 2.24) is 19.5 Å². The summed E-state index contributed by atoms with van der Waals surface area (Å²) < 4.78 is 7.62. The summed E-state index contributed by atoms with van der Waals surface area (Å²) in [7, 11) is 1.56. The van der Waals surface area contributed by atoms with E-state index in [1.807, 2.05) is 31.4 Å². The second-order valence-electron chi connectivity index (χ2n) is 10.9. The molecule has 4 heterocycles. The molecular weight excluding hydrogens is 563 g/mol. The number of fused-ring (bicyclic) bond motifs is 4. The number of ether oxygens (including phenoxy) is 1. The van der Waals surface area contributed by atoms with Gasteiger partial charge in [-0.2, -0.15) is 4.98 Å². The molecule has 2 amide bonds. The standard InChI is InChI=1S/C30H26Cl2N6O3/c1-14(2)37-24-23(35-26(37)19-13-33-25(16-6-7-16)36-27(19)41-4)28(39)38(22-12-18(32)8-5-15(22)3)30(24)20-10-9-17(31)11-21(20)34-29(30)40/h5,8-14,16H,6-7H2,1-4H3,(H,34,40)/t30-/m0/s1. The van der Waals surface area contributed by atoms with E-state index in [2.05, 4.69) is 15.3 Å². The van der Waals surface area contributed by atoms with Gasteiger partial charge in [-0.15, -0.1) is 0 Å². The van der Waals surface area contributed by atoms with E-state index in [1.54, 1.807) is 43.6 Å². The number of amides is 2. The van der Waals surface area contributed by atoms with Crippen LogP contribution in [0.15, 0.2) is 42.6 Å². The van der Waals surface area contributed by atoms with E-state index in [0.717, 1.165) is 24.2 Å². The number of nitrogens with one attached hydrogen (secondary N) is 1. The molecule has 1 aliphatic carbocycles. The molecule has 1 saturated carbocycles. The van der Waals surface area contributed by atoms with Crippen molar-refractivity contribution in [3.05, 3.63) is 81.0 Å². The van der Waals surface area contributed by atoms with E-state index in [4.69, 9.17) is 32.9 Å². The molecule has 2 aromatic carbocycles. The topological polar surface area (TPSA) is 102 Å². The second-order valence-corrected chi connectivity index (χ2v) is 11.8. The van der Waals surface area contributed by atoms with Crippen molar-refractivity contribution >= 4 is 46.4 Å². The summed E-state index contributed by atoms with van der Waals surface area (Å²) in [4.78, 5) is 44.6. The van der Waals surface area contributed by atoms with Gasteiger partial charge in [0, 0.05) is 39.5 Å². The van der Waals surface area contributed by atoms with Gasteiger partial charge in [0.05, 0.1) is 24.1 Å². The van der Waals surface area contributed by atoms with E-state index in [-0.39, 0.29) is 17.6 Å². The van der Waals surface area contributed by atoms with E-state index < -0.39 is 11.4 Å². The van der Waals surface area contributed by atoms with Gasteiger partial charge in [0.25, 0.3) is 11.8 Å². The normalized spacial score (nSPS) is 19.2. The number of benzene rings is 2. The van der Waals surface area contributed by atoms with Crippen LogP contribution in [0.3, 0.4) is 0 Å². The van der Waals surface area contributed by atoms with Gasteiger partial charge in [-0.1, -0.05) is 35.3 Å². The molecule has 1 fully saturated rings. The average molecular weight is 589 g/mol. The number of rotatable bonds is 5. The number of carbonyl (C=O) groups excluding carboxylic acids is 2. The monoisotopic (exact) mass is 588 g/mol. The number of aryl methyl sites for hydroxylation is 1. The van der Waals surface area contributed by atoms with E-state index in [9.17, 15) is 9.59 Å². The maximum atomic E-state index is 14.5. The SMILES string of the molecule is COc1nc(C2CC2)ncc1-c1nc2c(n1C(C)C)[C@@]1(C(=O)Nc3cc(Cl)ccc31)N(c1cc(Cl)ccc1C)C2=O. The van der Waals surface area contributed by atoms with Crippen molar-refractivity contribution in [2.45, 2.75) is 51.1 Å². The number of nitrogens with zero attached hydrogens (tertiary/aromatic N) is 5. The number of carbonyl (C=O) groups is 2. The first-order valence-electron chi connectivity index (χ1n) is 13.4. The Hall–Kier alpha value is -3.95. The average Bonchev–Trinajstić information content (AvgIpc) is 3.59. The van der Waals surface area contributed by atoms with Gasteiger partial charge in [-0.25, -0.2) is 9.97 Å². The number of halogens is 2. The number of imidazole rings is 1. The van der Waals surface area contributed by atoms with E-state index >= 15 is 0 Å². The molecule has 0 bridgehead atoms. The highest BCUT2D eigenvalue weighted by molar-refractivity contribution is 6.32. The van der Waals surface area contributed by atoms with Crippen molar-refractivity contribution in [2.75, 3.05) is 17.3 Å². The zero-order valence-corrected chi connectivity index (χ0v) is 24.3. The molecular formula is C30H26Cl2N6O3. The Kier molecular flexibility index (Phi) is 5.72. The van der Waals surface area contributed by atoms with Gasteiger partial charge in [0.1, 0.15) is 11.6 Å². The predicted octanol–water partition coefficient (Wildman–Crippen LogP) is 6.28. The summed E-state index contributed by atoms with van der Waals surface area (Å²) in [5, 5.41) is 3.90. The van der Waals surface area contributed by atoms with Crippen molar-refractivity contribution in [3.63, 3.8) is 0 Å². The quantitative estimate of drug-likeness (QED) is 0.294. The summed E-state index contributed by atoms with van der Waals surface area (Å²) in [5.41, 5.74) is 2.02. The first-order chi connectivity index (χ1) is 19.7. The molecule has 0 saturated heterocycles. The Bertz CT molecular complexity index is 1800. The molecule has 0 radical (unpaired) electrons. The lowest BCUT2D eigenvalue weighted by Crippen LogP contribution is -2.51. The number of methoxy groups -OCH3 is 1. The highest BCUT2D eigenvalue weighted by Gasteiger charge is 2.64. The van der Waals surface area contributed by atoms with Crippen molar-refractivity contribution in [1.29, 1.82) is 0 Å². The third kappa shape index (κ3) is 3.58. The van der Waals surface area contributed by atoms with Gasteiger partial charge in [-0.3, -0.25) is 14.5 Å². The third-order valence-corrected chi connectivity index (χ3v) is 8.49. The molecule has 11 heteroatoms. The molecule has 4 aromatic rings. The molecule has 1 atom stereocenters. The Morgan fingerprint density at radius 2 is 1.80 bits per heavy atom. The number of aromatic nitrogens is 4. The summed E-state index contributed by atoms with van der Waals surface area (Å²) in [5.74, 6) is 1.09. The van der Waals surface area contributed by atoms with Gasteiger partial charge in [-0.05, 0) is 63.4 Å². The highest BCUT2D eigenvalue weighted by Crippen LogP contribution is 2.55. The summed E-state index contributed by atoms with van der Waals surface area (Å²) in [6, 6.07) is 10.3. The number of hydrogen-bond acceptors (Lipinski definition) is 6. The van der Waals surface area contributed by atoms with E-state index in [1.165, 1.54) is 4.90 Å². The molecule has 2 aliphatic heterocycles. The first kappa shape index (κ1) is 26.0. The van der Waals surface area contributed by atoms with Gasteiger partial charge >= 0.3 is 0 Å². The fraction of sp³-hybridized carbons (Fsp3) is 0.300. The van der Waals surface area contributed by atoms with Gasteiger partial charge in [0.2, 0.25) is 5.88 Å². The van der Waals surface area contributed by atoms with Gasteiger partial charge in [0.15, 0.2) is 11.2 Å². The summed E-state index contributed by atoms with van der Waals surface area (Å²) in [6.07, 6.45) is 3.80. The van der Waals surface area contributed by atoms with Crippen LogP contribution in [0.4, 0.5) is 11.4 Å². The predicted molar refractivity (Wildman–Crippen MR) is 156 cm³/mol. The van der Waals surface area contributed by atoms with Crippen molar-refractivity contribution in [3.8, 4) is 17.3 Å². The fourth-order valence-corrected chi connectivity index (χ4v) is 6.39. The van der Waals surface area contributed by atoms with Crippen LogP contribution in [0.1, 0.15) is 71.8 Å². The van der Waals surface area contributed by atoms with Crippen LogP contribution >= 0.6 is 23.2 Å². The van der Waals surface area contributed by atoms with Crippen LogP contribution in [0.2, 0.25) is 10.0 Å². The molecule has 208 valence electrons. The summed E-state index contributed by atoms with van der Waals surface area (Å²) >= 11 is 12.8. The molecule has 3 aliphatic rings. The molecule has 7 rings (SSSR count). The van der Waals surface area contributed by atoms with Crippen LogP contribution in [0.5, 0.6) is 5.88 Å². The number of hydrogen-bond donors (Lipinski definition) is 1. The molecule has 9 nitrogen and oxygen atoms in total. The smallest absolute Gasteiger partial charge is 0.280 e. The summed E-state index contributed by atoms with van der Waals surface area (Å²) in [6.45, 7) is 5.85. The zero-order chi connectivity index (χ0) is 28.8. The second kappa shape index (κ2) is 9.03.